The molecule has 0 aliphatic carbocycles. The van der Waals surface area contributed by atoms with Crippen molar-refractivity contribution in [1.82, 2.24) is 15.5 Å². The highest BCUT2D eigenvalue weighted by molar-refractivity contribution is 7.89. The molecule has 10 heteroatoms. The summed E-state index contributed by atoms with van der Waals surface area (Å²) in [5.41, 5.74) is 3.65. The van der Waals surface area contributed by atoms with Crippen molar-refractivity contribution in [3.63, 3.8) is 0 Å². The van der Waals surface area contributed by atoms with Crippen molar-refractivity contribution in [1.29, 1.82) is 0 Å². The van der Waals surface area contributed by atoms with Crippen LogP contribution in [0.1, 0.15) is 31.2 Å². The van der Waals surface area contributed by atoms with Gasteiger partial charge in [-0.15, -0.1) is 0 Å². The van der Waals surface area contributed by atoms with Gasteiger partial charge in [0, 0.05) is 29.1 Å². The van der Waals surface area contributed by atoms with Gasteiger partial charge in [-0.2, -0.15) is 5.10 Å². The summed E-state index contributed by atoms with van der Waals surface area (Å²) < 4.78 is 23.0. The van der Waals surface area contributed by atoms with Crippen LogP contribution in [0.15, 0.2) is 64.8 Å². The molecule has 9 nitrogen and oxygen atoms in total. The molecular weight excluding hydrogens is 418 g/mol. The maximum Gasteiger partial charge on any atom is 0.238 e. The van der Waals surface area contributed by atoms with Crippen molar-refractivity contribution in [2.75, 3.05) is 5.32 Å². The van der Waals surface area contributed by atoms with Crippen LogP contribution in [-0.4, -0.2) is 30.4 Å². The first-order valence-electron chi connectivity index (χ1n) is 9.56. The zero-order chi connectivity index (χ0) is 22.2. The first-order valence-corrected chi connectivity index (χ1v) is 11.1. The minimum atomic E-state index is -3.81. The zero-order valence-corrected chi connectivity index (χ0v) is 17.5. The molecule has 0 saturated carbocycles. The minimum Gasteiger partial charge on any atom is -0.330 e. The van der Waals surface area contributed by atoms with Crippen LogP contribution in [0.4, 0.5) is 5.69 Å². The Balaban J connectivity index is 1.57. The molecule has 0 saturated heterocycles. The van der Waals surface area contributed by atoms with Crippen LogP contribution in [-0.2, 0) is 19.6 Å². The smallest absolute Gasteiger partial charge is 0.238 e. The van der Waals surface area contributed by atoms with Crippen LogP contribution < -0.4 is 15.8 Å². The normalized spacial score (nSPS) is 17.0. The Morgan fingerprint density at radius 1 is 1.23 bits per heavy atom. The van der Waals surface area contributed by atoms with E-state index in [1.165, 1.54) is 12.1 Å². The molecule has 1 aliphatic heterocycles. The van der Waals surface area contributed by atoms with E-state index in [9.17, 15) is 18.0 Å². The van der Waals surface area contributed by atoms with Gasteiger partial charge in [-0.3, -0.25) is 14.7 Å². The molecule has 160 valence electrons. The molecule has 1 aromatic heterocycles. The lowest BCUT2D eigenvalue weighted by Crippen LogP contribution is -2.32. The Morgan fingerprint density at radius 2 is 1.97 bits per heavy atom. The number of sulfonamides is 1. The van der Waals surface area contributed by atoms with Gasteiger partial charge in [-0.25, -0.2) is 13.6 Å². The van der Waals surface area contributed by atoms with Crippen molar-refractivity contribution in [3.05, 3.63) is 65.5 Å². The van der Waals surface area contributed by atoms with E-state index >= 15 is 0 Å². The van der Waals surface area contributed by atoms with Gasteiger partial charge in [0.25, 0.3) is 0 Å². The highest BCUT2D eigenvalue weighted by atomic mass is 32.2. The Kier molecular flexibility index (Phi) is 5.34. The van der Waals surface area contributed by atoms with Gasteiger partial charge >= 0.3 is 0 Å². The number of benzene rings is 2. The predicted octanol–water partition coefficient (Wildman–Crippen LogP) is 2.12. The number of rotatable bonds is 5. The summed E-state index contributed by atoms with van der Waals surface area (Å²) in [7, 11) is -3.81. The van der Waals surface area contributed by atoms with Crippen molar-refractivity contribution >= 4 is 38.4 Å². The Morgan fingerprint density at radius 3 is 2.68 bits per heavy atom. The van der Waals surface area contributed by atoms with E-state index in [0.29, 0.717) is 11.4 Å². The monoisotopic (exact) mass is 439 g/mol. The van der Waals surface area contributed by atoms with Crippen molar-refractivity contribution in [2.24, 2.45) is 5.14 Å². The van der Waals surface area contributed by atoms with Crippen LogP contribution in [0.25, 0.3) is 10.9 Å². The fourth-order valence-electron chi connectivity index (χ4n) is 3.77. The first kappa shape index (κ1) is 20.8. The number of aromatic amines is 1. The number of amides is 2. The third kappa shape index (κ3) is 4.49. The molecular formula is C21H21N5O4S. The second-order valence-electron chi connectivity index (χ2n) is 7.47. The Hall–Kier alpha value is -3.50. The summed E-state index contributed by atoms with van der Waals surface area (Å²) >= 11 is 0. The molecule has 2 amide bonds. The van der Waals surface area contributed by atoms with Crippen LogP contribution >= 0.6 is 0 Å². The molecule has 5 N–H and O–H groups in total. The van der Waals surface area contributed by atoms with E-state index in [0.717, 1.165) is 22.0 Å². The molecule has 2 heterocycles. The summed E-state index contributed by atoms with van der Waals surface area (Å²) in [5, 5.41) is 18.5. The fraction of sp³-hybridized carbons (Fsp3) is 0.190. The molecule has 0 spiro atoms. The van der Waals surface area contributed by atoms with Gasteiger partial charge in [0.2, 0.25) is 21.8 Å². The second kappa shape index (κ2) is 7.97. The van der Waals surface area contributed by atoms with Gasteiger partial charge in [-0.05, 0) is 48.4 Å². The van der Waals surface area contributed by atoms with Crippen LogP contribution in [0.5, 0.6) is 0 Å². The average molecular weight is 439 g/mol. The number of anilines is 1. The predicted molar refractivity (Wildman–Crippen MR) is 115 cm³/mol. The lowest BCUT2D eigenvalue weighted by molar-refractivity contribution is -0.121. The third-order valence-electron chi connectivity index (χ3n) is 5.30. The second-order valence-corrected chi connectivity index (χ2v) is 9.03. The first-order chi connectivity index (χ1) is 14.7. The van der Waals surface area contributed by atoms with E-state index in [-0.39, 0.29) is 35.5 Å². The summed E-state index contributed by atoms with van der Waals surface area (Å²) in [5.74, 6) is -0.725. The standard InChI is InChI=1S/C21H21N5O4S/c1-12-17(9-21(28)25-15-4-7-19-14(8-15)11-23-26-19)18(10-20(27)24-12)13-2-5-16(6-3-13)31(22,29)30/h2-8,11,18H,9-10H2,1H3,(H,23,26)(H,24,27)(H,25,28)(H2,22,29,30). The fourth-order valence-corrected chi connectivity index (χ4v) is 4.29. The molecule has 1 atom stereocenters. The molecule has 2 aromatic carbocycles. The van der Waals surface area contributed by atoms with E-state index in [1.807, 2.05) is 12.1 Å². The third-order valence-corrected chi connectivity index (χ3v) is 6.23. The van der Waals surface area contributed by atoms with Crippen molar-refractivity contribution < 1.29 is 18.0 Å². The zero-order valence-electron chi connectivity index (χ0n) is 16.7. The number of nitrogens with zero attached hydrogens (tertiary/aromatic N) is 1. The maximum atomic E-state index is 12.8. The SMILES string of the molecule is CC1=C(CC(=O)Nc2ccc3[nH]ncc3c2)C(c2ccc(S(N)(=O)=O)cc2)CC(=O)N1. The Bertz CT molecular complexity index is 1310. The number of carbonyl (C=O) groups excluding carboxylic acids is 2. The van der Waals surface area contributed by atoms with Crippen molar-refractivity contribution in [3.8, 4) is 0 Å². The molecule has 0 fully saturated rings. The van der Waals surface area contributed by atoms with Crippen molar-refractivity contribution in [2.45, 2.75) is 30.6 Å². The van der Waals surface area contributed by atoms with Crippen LogP contribution in [0.2, 0.25) is 0 Å². The van der Waals surface area contributed by atoms with E-state index in [4.69, 9.17) is 5.14 Å². The lowest BCUT2D eigenvalue weighted by Gasteiger charge is -2.28. The number of H-pyrrole nitrogens is 1. The molecule has 0 radical (unpaired) electrons. The van der Waals surface area contributed by atoms with E-state index in [2.05, 4.69) is 20.8 Å². The average Bonchev–Trinajstić information content (AvgIpc) is 3.17. The number of nitrogens with two attached hydrogens (primary N) is 1. The maximum absolute atomic E-state index is 12.8. The summed E-state index contributed by atoms with van der Waals surface area (Å²) in [6, 6.07) is 11.5. The van der Waals surface area contributed by atoms with E-state index in [1.54, 1.807) is 31.3 Å². The summed E-state index contributed by atoms with van der Waals surface area (Å²) in [4.78, 5) is 24.9. The molecule has 3 aromatic rings. The largest absolute Gasteiger partial charge is 0.330 e. The molecule has 4 rings (SSSR count). The number of carbonyl (C=O) groups is 2. The number of fused-ring (bicyclic) bond motifs is 1. The van der Waals surface area contributed by atoms with E-state index < -0.39 is 10.0 Å². The van der Waals surface area contributed by atoms with Crippen LogP contribution in [0, 0.1) is 0 Å². The quantitative estimate of drug-likeness (QED) is 0.481. The van der Waals surface area contributed by atoms with Gasteiger partial charge in [0.1, 0.15) is 0 Å². The van der Waals surface area contributed by atoms with Gasteiger partial charge < -0.3 is 10.6 Å². The van der Waals surface area contributed by atoms with Gasteiger partial charge in [-0.1, -0.05) is 12.1 Å². The Labute approximate surface area is 178 Å². The number of primary sulfonamides is 1. The topological polar surface area (TPSA) is 147 Å². The number of nitrogens with one attached hydrogen (secondary N) is 3. The summed E-state index contributed by atoms with van der Waals surface area (Å²) in [6.45, 7) is 1.75. The number of allylic oxidation sites excluding steroid dienone is 1. The lowest BCUT2D eigenvalue weighted by atomic mass is 9.83. The highest BCUT2D eigenvalue weighted by Gasteiger charge is 2.29. The summed E-state index contributed by atoms with van der Waals surface area (Å²) in [6.07, 6.45) is 1.92. The number of hydrogen-bond donors (Lipinski definition) is 4. The van der Waals surface area contributed by atoms with Gasteiger partial charge in [0.05, 0.1) is 23.0 Å². The molecule has 1 aliphatic rings. The highest BCUT2D eigenvalue weighted by Crippen LogP contribution is 2.35. The molecule has 31 heavy (non-hydrogen) atoms. The molecule has 1 unspecified atom stereocenters. The van der Waals surface area contributed by atoms with Gasteiger partial charge in [0.15, 0.2) is 0 Å². The molecule has 0 bridgehead atoms. The number of aromatic nitrogens is 2. The van der Waals surface area contributed by atoms with Crippen LogP contribution in [0.3, 0.4) is 0 Å². The minimum absolute atomic E-state index is 0.00820. The number of hydrogen-bond acceptors (Lipinski definition) is 5.